The molecule has 1 aromatic heterocycles. The molecular weight excluding hydrogens is 417 g/mol. The van der Waals surface area contributed by atoms with Crippen molar-refractivity contribution in [2.24, 2.45) is 0 Å². The van der Waals surface area contributed by atoms with Gasteiger partial charge >= 0.3 is 0 Å². The number of hydrogen-bond donors (Lipinski definition) is 1. The van der Waals surface area contributed by atoms with E-state index in [0.717, 1.165) is 30.3 Å². The van der Waals surface area contributed by atoms with Gasteiger partial charge in [-0.25, -0.2) is 4.39 Å². The molecule has 4 rings (SSSR count). The molecule has 1 fully saturated rings. The summed E-state index contributed by atoms with van der Waals surface area (Å²) in [6.45, 7) is 6.55. The molecule has 1 atom stereocenters. The van der Waals surface area contributed by atoms with Gasteiger partial charge in [-0.05, 0) is 43.7 Å². The zero-order valence-electron chi connectivity index (χ0n) is 17.4. The molecule has 9 heteroatoms. The lowest BCUT2D eigenvalue weighted by atomic mass is 10.2. The maximum absolute atomic E-state index is 13.4. The minimum Gasteiger partial charge on any atom is -0.378 e. The van der Waals surface area contributed by atoms with E-state index in [-0.39, 0.29) is 5.91 Å². The molecule has 162 valence electrons. The first-order chi connectivity index (χ1) is 15.0. The molecule has 1 amide bonds. The molecule has 2 aromatic carbocycles. The zero-order chi connectivity index (χ0) is 21.8. The summed E-state index contributed by atoms with van der Waals surface area (Å²) in [5.74, 6) is 0.105. The number of aromatic nitrogens is 3. The number of halogens is 1. The smallest absolute Gasteiger partial charge is 0.237 e. The number of para-hydroxylation sites is 1. The van der Waals surface area contributed by atoms with E-state index in [9.17, 15) is 9.18 Å². The van der Waals surface area contributed by atoms with E-state index < -0.39 is 11.1 Å². The SMILES string of the molecule is Cc1ccccc1-n1c(SC(C)C(=O)Nc2cccc(F)c2)nnc1N1CCOCC1. The van der Waals surface area contributed by atoms with Crippen LogP contribution in [0, 0.1) is 12.7 Å². The van der Waals surface area contributed by atoms with Crippen molar-refractivity contribution < 1.29 is 13.9 Å². The summed E-state index contributed by atoms with van der Waals surface area (Å²) in [5, 5.41) is 11.8. The normalized spacial score (nSPS) is 15.0. The minimum atomic E-state index is -0.465. The van der Waals surface area contributed by atoms with E-state index in [1.54, 1.807) is 19.1 Å². The van der Waals surface area contributed by atoms with E-state index in [0.29, 0.717) is 24.1 Å². The lowest BCUT2D eigenvalue weighted by molar-refractivity contribution is -0.115. The van der Waals surface area contributed by atoms with Gasteiger partial charge in [0, 0.05) is 18.8 Å². The third-order valence-corrected chi connectivity index (χ3v) is 6.05. The number of thioether (sulfide) groups is 1. The highest BCUT2D eigenvalue weighted by Gasteiger charge is 2.25. The maximum Gasteiger partial charge on any atom is 0.237 e. The third kappa shape index (κ3) is 4.88. The van der Waals surface area contributed by atoms with E-state index in [2.05, 4.69) is 20.4 Å². The van der Waals surface area contributed by atoms with Crippen molar-refractivity contribution in [1.82, 2.24) is 14.8 Å². The standard InChI is InChI=1S/C22H24FN5O2S/c1-15-6-3-4-9-19(15)28-21(27-10-12-30-13-11-27)25-26-22(28)31-16(2)20(29)24-18-8-5-7-17(23)14-18/h3-9,14,16H,10-13H2,1-2H3,(H,24,29). The molecule has 1 saturated heterocycles. The molecule has 0 radical (unpaired) electrons. The molecule has 7 nitrogen and oxygen atoms in total. The Labute approximate surface area is 184 Å². The third-order valence-electron chi connectivity index (χ3n) is 5.01. The van der Waals surface area contributed by atoms with Crippen LogP contribution in [-0.4, -0.2) is 52.2 Å². The number of carbonyl (C=O) groups is 1. The average molecular weight is 442 g/mol. The summed E-state index contributed by atoms with van der Waals surface area (Å²) in [6.07, 6.45) is 0. The van der Waals surface area contributed by atoms with Gasteiger partial charge in [0.2, 0.25) is 11.9 Å². The Kier molecular flexibility index (Phi) is 6.53. The summed E-state index contributed by atoms with van der Waals surface area (Å²) in [4.78, 5) is 14.9. The van der Waals surface area contributed by atoms with Crippen molar-refractivity contribution in [3.05, 3.63) is 59.9 Å². The van der Waals surface area contributed by atoms with Gasteiger partial charge in [0.15, 0.2) is 5.16 Å². The lowest BCUT2D eigenvalue weighted by Gasteiger charge is -2.28. The predicted molar refractivity (Wildman–Crippen MR) is 119 cm³/mol. The van der Waals surface area contributed by atoms with Gasteiger partial charge in [-0.15, -0.1) is 10.2 Å². The van der Waals surface area contributed by atoms with Gasteiger partial charge in [0.1, 0.15) is 5.82 Å². The van der Waals surface area contributed by atoms with Crippen LogP contribution in [0.15, 0.2) is 53.7 Å². The molecule has 31 heavy (non-hydrogen) atoms. The molecule has 1 aliphatic heterocycles. The molecular formula is C22H24FN5O2S. The van der Waals surface area contributed by atoms with E-state index in [1.165, 1.54) is 23.9 Å². The Morgan fingerprint density at radius 2 is 1.94 bits per heavy atom. The van der Waals surface area contributed by atoms with Gasteiger partial charge in [-0.1, -0.05) is 36.0 Å². The molecule has 0 saturated carbocycles. The number of nitrogens with zero attached hydrogens (tertiary/aromatic N) is 4. The highest BCUT2D eigenvalue weighted by Crippen LogP contribution is 2.31. The van der Waals surface area contributed by atoms with Gasteiger partial charge in [0.25, 0.3) is 0 Å². The number of aryl methyl sites for hydroxylation is 1. The number of anilines is 2. The van der Waals surface area contributed by atoms with Crippen molar-refractivity contribution in [2.75, 3.05) is 36.5 Å². The highest BCUT2D eigenvalue weighted by molar-refractivity contribution is 8.00. The summed E-state index contributed by atoms with van der Waals surface area (Å²) in [6, 6.07) is 13.9. The number of hydrogen-bond acceptors (Lipinski definition) is 6. The fourth-order valence-corrected chi connectivity index (χ4v) is 4.21. The average Bonchev–Trinajstić information content (AvgIpc) is 3.18. The summed E-state index contributed by atoms with van der Waals surface area (Å²) >= 11 is 1.32. The number of carbonyl (C=O) groups excluding carboxylic acids is 1. The van der Waals surface area contributed by atoms with Gasteiger partial charge in [-0.2, -0.15) is 0 Å². The van der Waals surface area contributed by atoms with Crippen LogP contribution in [0.3, 0.4) is 0 Å². The molecule has 3 aromatic rings. The first-order valence-corrected chi connectivity index (χ1v) is 11.0. The van der Waals surface area contributed by atoms with E-state index >= 15 is 0 Å². The zero-order valence-corrected chi connectivity index (χ0v) is 18.2. The van der Waals surface area contributed by atoms with E-state index in [4.69, 9.17) is 4.74 Å². The summed E-state index contributed by atoms with van der Waals surface area (Å²) < 4.78 is 20.9. The van der Waals surface area contributed by atoms with Gasteiger partial charge in [-0.3, -0.25) is 9.36 Å². The molecule has 1 N–H and O–H groups in total. The number of benzene rings is 2. The van der Waals surface area contributed by atoms with Crippen LogP contribution in [0.25, 0.3) is 5.69 Å². The first-order valence-electron chi connectivity index (χ1n) is 10.1. The van der Waals surface area contributed by atoms with Crippen molar-refractivity contribution in [3.63, 3.8) is 0 Å². The lowest BCUT2D eigenvalue weighted by Crippen LogP contribution is -2.38. The quantitative estimate of drug-likeness (QED) is 0.589. The Morgan fingerprint density at radius 1 is 1.16 bits per heavy atom. The number of morpholine rings is 1. The molecule has 2 heterocycles. The Balaban J connectivity index is 1.61. The number of nitrogens with one attached hydrogen (secondary N) is 1. The number of ether oxygens (including phenoxy) is 1. The van der Waals surface area contributed by atoms with Crippen molar-refractivity contribution in [3.8, 4) is 5.69 Å². The number of rotatable bonds is 6. The second kappa shape index (κ2) is 9.49. The van der Waals surface area contributed by atoms with Crippen LogP contribution in [0.1, 0.15) is 12.5 Å². The van der Waals surface area contributed by atoms with Crippen molar-refractivity contribution in [1.29, 1.82) is 0 Å². The largest absolute Gasteiger partial charge is 0.378 e. The monoisotopic (exact) mass is 441 g/mol. The number of amides is 1. The summed E-state index contributed by atoms with van der Waals surface area (Å²) in [5.41, 5.74) is 2.47. The topological polar surface area (TPSA) is 72.3 Å². The second-order valence-corrected chi connectivity index (χ2v) is 8.57. The van der Waals surface area contributed by atoms with Gasteiger partial charge in [0.05, 0.1) is 24.2 Å². The van der Waals surface area contributed by atoms with Crippen LogP contribution in [0.4, 0.5) is 16.0 Å². The Bertz CT molecular complexity index is 1070. The van der Waals surface area contributed by atoms with Crippen molar-refractivity contribution in [2.45, 2.75) is 24.3 Å². The summed E-state index contributed by atoms with van der Waals surface area (Å²) in [7, 11) is 0. The molecule has 0 aliphatic carbocycles. The molecule has 1 unspecified atom stereocenters. The second-order valence-electron chi connectivity index (χ2n) is 7.26. The first kappa shape index (κ1) is 21.3. The Hall–Kier alpha value is -2.91. The maximum atomic E-state index is 13.4. The van der Waals surface area contributed by atoms with Gasteiger partial charge < -0.3 is 15.0 Å². The van der Waals surface area contributed by atoms with Crippen LogP contribution in [0.2, 0.25) is 0 Å². The van der Waals surface area contributed by atoms with Crippen LogP contribution in [0.5, 0.6) is 0 Å². The molecule has 1 aliphatic rings. The molecule has 0 spiro atoms. The highest BCUT2D eigenvalue weighted by atomic mass is 32.2. The Morgan fingerprint density at radius 3 is 2.68 bits per heavy atom. The fourth-order valence-electron chi connectivity index (χ4n) is 3.35. The minimum absolute atomic E-state index is 0.233. The fraction of sp³-hybridized carbons (Fsp3) is 0.318. The van der Waals surface area contributed by atoms with E-state index in [1.807, 2.05) is 35.8 Å². The van der Waals surface area contributed by atoms with Crippen LogP contribution in [-0.2, 0) is 9.53 Å². The van der Waals surface area contributed by atoms with Crippen molar-refractivity contribution >= 4 is 29.3 Å². The predicted octanol–water partition coefficient (Wildman–Crippen LogP) is 3.67. The van der Waals surface area contributed by atoms with Crippen LogP contribution < -0.4 is 10.2 Å². The van der Waals surface area contributed by atoms with Crippen LogP contribution >= 0.6 is 11.8 Å². The molecule has 0 bridgehead atoms.